The van der Waals surface area contributed by atoms with E-state index in [2.05, 4.69) is 25.8 Å². The van der Waals surface area contributed by atoms with Crippen LogP contribution in [0.1, 0.15) is 117 Å². The molecule has 0 bridgehead atoms. The Hall–Kier alpha value is -6.25. The van der Waals surface area contributed by atoms with Gasteiger partial charge in [-0.15, -0.1) is 0 Å². The summed E-state index contributed by atoms with van der Waals surface area (Å²) in [6.45, 7) is 14.6. The average molecular weight is 1060 g/mol. The fourth-order valence-electron chi connectivity index (χ4n) is 10.4. The lowest BCUT2D eigenvalue weighted by Gasteiger charge is -2.38. The molecule has 21 heteroatoms. The van der Waals surface area contributed by atoms with Gasteiger partial charge in [-0.3, -0.25) is 34.8 Å². The summed E-state index contributed by atoms with van der Waals surface area (Å²) < 4.78 is 59.7. The molecule has 0 spiro atoms. The number of rotatable bonds is 14. The highest BCUT2D eigenvalue weighted by molar-refractivity contribution is 6.34. The third-order valence-electron chi connectivity index (χ3n) is 14.5. The predicted molar refractivity (Wildman–Crippen MR) is 278 cm³/mol. The highest BCUT2D eigenvalue weighted by atomic mass is 35.5. The number of hydrogen-bond donors (Lipinski definition) is 3. The molecule has 1 aromatic heterocycles. The Kier molecular flexibility index (Phi) is 17.1. The van der Waals surface area contributed by atoms with Crippen LogP contribution in [0.5, 0.6) is 5.75 Å². The first kappa shape index (κ1) is 55.0. The van der Waals surface area contributed by atoms with Crippen molar-refractivity contribution in [2.45, 2.75) is 103 Å². The van der Waals surface area contributed by atoms with Crippen molar-refractivity contribution < 1.29 is 51.4 Å². The van der Waals surface area contributed by atoms with Gasteiger partial charge in [0.2, 0.25) is 11.8 Å². The number of nitrogens with one attached hydrogen (secondary N) is 3. The minimum atomic E-state index is -4.67. The number of methoxy groups -OCH3 is 1. The van der Waals surface area contributed by atoms with Crippen LogP contribution < -0.4 is 25.6 Å². The monoisotopic (exact) mass is 1060 g/mol. The largest absolute Gasteiger partial charge is 0.496 e. The molecule has 17 nitrogen and oxygen atoms in total. The maximum Gasteiger partial charge on any atom is 0.416 e. The number of ether oxygens (including phenoxy) is 3. The number of nitrogens with zero attached hydrogens (tertiary/aromatic N) is 6. The molecule has 6 amide bonds. The van der Waals surface area contributed by atoms with E-state index in [-0.39, 0.29) is 53.8 Å². The fraction of sp³-hybridized carbons (Fsp3) is 0.537. The highest BCUT2D eigenvalue weighted by Gasteiger charge is 2.35. The summed E-state index contributed by atoms with van der Waals surface area (Å²) in [4.78, 5) is 80.8. The highest BCUT2D eigenvalue weighted by Crippen LogP contribution is 2.43. The van der Waals surface area contributed by atoms with Gasteiger partial charge in [-0.25, -0.2) is 19.6 Å². The number of aryl methyl sites for hydroxylation is 1. The van der Waals surface area contributed by atoms with Crippen molar-refractivity contribution in [1.29, 1.82) is 0 Å². The van der Waals surface area contributed by atoms with Crippen molar-refractivity contribution >= 4 is 69.5 Å². The van der Waals surface area contributed by atoms with E-state index in [1.54, 1.807) is 59.9 Å². The zero-order valence-corrected chi connectivity index (χ0v) is 44.2. The number of hydrogen-bond acceptors (Lipinski definition) is 12. The molecule has 4 aliphatic rings. The lowest BCUT2D eigenvalue weighted by molar-refractivity contribution is -0.139. The first-order chi connectivity index (χ1) is 35.6. The molecule has 0 unspecified atom stereocenters. The molecule has 8 rings (SSSR count). The zero-order chi connectivity index (χ0) is 53.8. The van der Waals surface area contributed by atoms with Crippen LogP contribution in [0.25, 0.3) is 10.9 Å². The summed E-state index contributed by atoms with van der Waals surface area (Å²) in [5, 5.41) is 9.07. The third kappa shape index (κ3) is 13.8. The number of aromatic nitrogens is 2. The molecule has 0 radical (unpaired) electrons. The summed E-state index contributed by atoms with van der Waals surface area (Å²) >= 11 is 6.39. The lowest BCUT2D eigenvalue weighted by atomic mass is 9.77. The maximum atomic E-state index is 14.1. The fourth-order valence-corrected chi connectivity index (χ4v) is 10.6. The van der Waals surface area contributed by atoms with Crippen LogP contribution in [0.2, 0.25) is 5.02 Å². The van der Waals surface area contributed by atoms with E-state index in [0.29, 0.717) is 89.9 Å². The SMILES string of the molecule is COc1cc2nc(C)nc(N[C@H](C)c3cc(NC(=O)OC(C)(C)C)cc(C(F)(F)F)c3)c2cc1C1CCC(C(=O)N2CCN(CCOCC3CCN(C(=O)c4ccc(Cl)c(N5CCC(=O)NC5=O)c4)CC3)CC2)CC1. The second-order valence-electron chi connectivity index (χ2n) is 21.0. The second kappa shape index (κ2) is 23.3. The molecule has 1 saturated carbocycles. The first-order valence-electron chi connectivity index (χ1n) is 25.8. The first-order valence-corrected chi connectivity index (χ1v) is 26.1. The van der Waals surface area contributed by atoms with E-state index in [1.807, 2.05) is 21.9 Å². The number of carbonyl (C=O) groups is 5. The molecular formula is C54H67ClF3N9O8. The van der Waals surface area contributed by atoms with Gasteiger partial charge in [-0.05, 0) is 139 Å². The van der Waals surface area contributed by atoms with Gasteiger partial charge in [0.05, 0.1) is 41.5 Å². The number of carbonyl (C=O) groups excluding carboxylic acids is 5. The molecule has 3 N–H and O–H groups in total. The van der Waals surface area contributed by atoms with Gasteiger partial charge in [0, 0.05) is 94.0 Å². The normalized spacial score (nSPS) is 19.7. The van der Waals surface area contributed by atoms with Crippen LogP contribution in [0.4, 0.5) is 40.0 Å². The van der Waals surface area contributed by atoms with E-state index < -0.39 is 35.5 Å². The minimum Gasteiger partial charge on any atom is -0.496 e. The van der Waals surface area contributed by atoms with E-state index in [9.17, 15) is 37.1 Å². The number of piperazine rings is 1. The van der Waals surface area contributed by atoms with Crippen molar-refractivity contribution in [2.24, 2.45) is 11.8 Å². The van der Waals surface area contributed by atoms with Crippen molar-refractivity contribution in [2.75, 3.05) is 88.2 Å². The topological polar surface area (TPSA) is 188 Å². The van der Waals surface area contributed by atoms with E-state index in [1.165, 1.54) is 11.0 Å². The lowest BCUT2D eigenvalue weighted by Crippen LogP contribution is -2.51. The summed E-state index contributed by atoms with van der Waals surface area (Å²) in [6, 6.07) is 10.9. The Bertz CT molecular complexity index is 2770. The van der Waals surface area contributed by atoms with Crippen LogP contribution in [0.3, 0.4) is 0 Å². The van der Waals surface area contributed by atoms with Crippen LogP contribution >= 0.6 is 11.6 Å². The molecule has 75 heavy (non-hydrogen) atoms. The number of imide groups is 1. The Morgan fingerprint density at radius 2 is 1.60 bits per heavy atom. The number of piperidine rings is 1. The van der Waals surface area contributed by atoms with Crippen molar-refractivity contribution in [3.63, 3.8) is 0 Å². The standard InChI is InChI=1S/C54H67ClF3N9O8/c1-32(38-25-39(54(56,57)58)28-40(26-38)62-52(72)75-53(3,4)5)59-48-42-29-41(46(73-6)30-44(42)60-33(2)61-48)35-7-9-36(10-8-35)49(69)66-21-19-64(20-22-66)23-24-74-31-34-13-16-65(17-14-34)50(70)37-11-12-43(55)45(27-37)67-18-15-47(68)63-51(67)71/h11-12,25-30,32,34-36H,7-10,13-24,31H2,1-6H3,(H,62,72)(H,59,60,61)(H,63,68,71)/t32-,35?,36?/m1/s1. The minimum absolute atomic E-state index is 0.0580. The predicted octanol–water partition coefficient (Wildman–Crippen LogP) is 9.57. The quantitative estimate of drug-likeness (QED) is 0.102. The molecule has 4 heterocycles. The van der Waals surface area contributed by atoms with E-state index in [4.69, 9.17) is 30.8 Å². The zero-order valence-electron chi connectivity index (χ0n) is 43.4. The number of fused-ring (bicyclic) bond motifs is 1. The number of benzene rings is 3. The number of halogens is 4. The summed E-state index contributed by atoms with van der Waals surface area (Å²) in [5.41, 5.74) is 0.831. The van der Waals surface area contributed by atoms with Gasteiger partial charge in [0.1, 0.15) is 23.0 Å². The molecule has 3 aliphatic heterocycles. The Morgan fingerprint density at radius 1 is 0.880 bits per heavy atom. The number of urea groups is 1. The molecule has 1 aliphatic carbocycles. The Morgan fingerprint density at radius 3 is 2.27 bits per heavy atom. The van der Waals surface area contributed by atoms with E-state index >= 15 is 0 Å². The molecule has 3 saturated heterocycles. The summed E-state index contributed by atoms with van der Waals surface area (Å²) in [6.07, 6.45) is -0.800. The van der Waals surface area contributed by atoms with Crippen LogP contribution in [-0.2, 0) is 25.2 Å². The van der Waals surface area contributed by atoms with Crippen molar-refractivity contribution in [1.82, 2.24) is 30.0 Å². The van der Waals surface area contributed by atoms with Gasteiger partial charge in [0.15, 0.2) is 0 Å². The average Bonchev–Trinajstić information content (AvgIpc) is 3.37. The maximum absolute atomic E-state index is 14.1. The Labute approximate surface area is 440 Å². The van der Waals surface area contributed by atoms with Crippen LogP contribution in [0, 0.1) is 18.8 Å². The molecular weight excluding hydrogens is 995 g/mol. The molecule has 4 aromatic rings. The van der Waals surface area contributed by atoms with Gasteiger partial charge in [-0.1, -0.05) is 11.6 Å². The molecule has 3 aromatic carbocycles. The third-order valence-corrected chi connectivity index (χ3v) is 14.8. The molecule has 4 fully saturated rings. The summed E-state index contributed by atoms with van der Waals surface area (Å²) in [5.74, 6) is 1.60. The summed E-state index contributed by atoms with van der Waals surface area (Å²) in [7, 11) is 1.61. The Balaban J connectivity index is 0.792. The van der Waals surface area contributed by atoms with Crippen molar-refractivity contribution in [3.8, 4) is 5.75 Å². The van der Waals surface area contributed by atoms with Gasteiger partial charge >= 0.3 is 18.3 Å². The van der Waals surface area contributed by atoms with Gasteiger partial charge in [-0.2, -0.15) is 13.2 Å². The van der Waals surface area contributed by atoms with Crippen LogP contribution in [-0.4, -0.2) is 133 Å². The van der Waals surface area contributed by atoms with Gasteiger partial charge < -0.3 is 29.3 Å². The molecule has 404 valence electrons. The van der Waals surface area contributed by atoms with Crippen LogP contribution in [0.15, 0.2) is 48.5 Å². The second-order valence-corrected chi connectivity index (χ2v) is 21.4. The van der Waals surface area contributed by atoms with Crippen molar-refractivity contribution in [3.05, 3.63) is 81.6 Å². The number of anilines is 3. The number of alkyl halides is 3. The van der Waals surface area contributed by atoms with Gasteiger partial charge in [0.25, 0.3) is 5.91 Å². The number of amides is 6. The molecule has 1 atom stereocenters. The number of likely N-dealkylation sites (tertiary alicyclic amines) is 1. The smallest absolute Gasteiger partial charge is 0.416 e. The van der Waals surface area contributed by atoms with E-state index in [0.717, 1.165) is 75.9 Å².